The molecule has 1 aromatic carbocycles. The molecule has 2 rings (SSSR count). The molecule has 0 saturated carbocycles. The number of rotatable bonds is 5. The summed E-state index contributed by atoms with van der Waals surface area (Å²) in [4.78, 5) is 2.50. The Labute approximate surface area is 111 Å². The SMILES string of the molecule is CCC1(CC)CN(c2ccc(C(C)NC)cc2)C1. The summed E-state index contributed by atoms with van der Waals surface area (Å²) < 4.78 is 0. The second-order valence-electron chi connectivity index (χ2n) is 5.67. The van der Waals surface area contributed by atoms with Crippen LogP contribution in [-0.2, 0) is 0 Å². The van der Waals surface area contributed by atoms with Gasteiger partial charge in [-0.3, -0.25) is 0 Å². The Morgan fingerprint density at radius 3 is 2.17 bits per heavy atom. The second kappa shape index (κ2) is 5.31. The molecular formula is C16H26N2. The minimum atomic E-state index is 0.431. The average molecular weight is 246 g/mol. The van der Waals surface area contributed by atoms with Crippen molar-refractivity contribution in [1.82, 2.24) is 5.32 Å². The Kier molecular flexibility index (Phi) is 3.96. The smallest absolute Gasteiger partial charge is 0.0366 e. The van der Waals surface area contributed by atoms with Gasteiger partial charge in [0.1, 0.15) is 0 Å². The van der Waals surface area contributed by atoms with E-state index in [9.17, 15) is 0 Å². The lowest BCUT2D eigenvalue weighted by atomic mass is 9.75. The summed E-state index contributed by atoms with van der Waals surface area (Å²) in [7, 11) is 2.00. The lowest BCUT2D eigenvalue weighted by molar-refractivity contribution is 0.194. The van der Waals surface area contributed by atoms with Crippen molar-refractivity contribution in [1.29, 1.82) is 0 Å². The van der Waals surface area contributed by atoms with Crippen LogP contribution >= 0.6 is 0 Å². The molecule has 0 amide bonds. The summed E-state index contributed by atoms with van der Waals surface area (Å²) in [5.74, 6) is 0. The first kappa shape index (κ1) is 13.4. The Balaban J connectivity index is 2.00. The zero-order chi connectivity index (χ0) is 13.2. The van der Waals surface area contributed by atoms with Gasteiger partial charge in [0.15, 0.2) is 0 Å². The minimum absolute atomic E-state index is 0.431. The monoisotopic (exact) mass is 246 g/mol. The summed E-state index contributed by atoms with van der Waals surface area (Å²) in [6.07, 6.45) is 2.60. The average Bonchev–Trinajstić information content (AvgIpc) is 2.38. The van der Waals surface area contributed by atoms with Gasteiger partial charge in [0.25, 0.3) is 0 Å². The van der Waals surface area contributed by atoms with Crippen molar-refractivity contribution in [3.05, 3.63) is 29.8 Å². The summed E-state index contributed by atoms with van der Waals surface area (Å²) in [5.41, 5.74) is 3.32. The first-order valence-corrected chi connectivity index (χ1v) is 7.16. The fourth-order valence-corrected chi connectivity index (χ4v) is 2.78. The molecule has 0 radical (unpaired) electrons. The number of nitrogens with one attached hydrogen (secondary N) is 1. The standard InChI is InChI=1S/C16H26N2/c1-5-16(6-2)11-18(12-16)15-9-7-14(8-10-15)13(3)17-4/h7-10,13,17H,5-6,11-12H2,1-4H3. The Morgan fingerprint density at radius 2 is 1.72 bits per heavy atom. The molecule has 1 aromatic rings. The molecular weight excluding hydrogens is 220 g/mol. The van der Waals surface area contributed by atoms with E-state index in [0.29, 0.717) is 11.5 Å². The molecule has 2 nitrogen and oxygen atoms in total. The first-order chi connectivity index (χ1) is 8.64. The molecule has 1 aliphatic rings. The van der Waals surface area contributed by atoms with Crippen molar-refractivity contribution < 1.29 is 0 Å². The van der Waals surface area contributed by atoms with Crippen LogP contribution in [0.4, 0.5) is 5.69 Å². The van der Waals surface area contributed by atoms with Crippen molar-refractivity contribution >= 4 is 5.69 Å². The summed E-state index contributed by atoms with van der Waals surface area (Å²) in [6.45, 7) is 9.27. The van der Waals surface area contributed by atoms with E-state index in [0.717, 1.165) is 0 Å². The van der Waals surface area contributed by atoms with Crippen molar-refractivity contribution in [3.63, 3.8) is 0 Å². The number of hydrogen-bond acceptors (Lipinski definition) is 2. The van der Waals surface area contributed by atoms with Crippen LogP contribution in [-0.4, -0.2) is 20.1 Å². The number of benzene rings is 1. The molecule has 18 heavy (non-hydrogen) atoms. The lowest BCUT2D eigenvalue weighted by Crippen LogP contribution is -2.55. The van der Waals surface area contributed by atoms with Gasteiger partial charge in [-0.1, -0.05) is 26.0 Å². The maximum atomic E-state index is 3.28. The molecule has 1 heterocycles. The van der Waals surface area contributed by atoms with E-state index in [1.165, 1.54) is 37.2 Å². The highest BCUT2D eigenvalue weighted by atomic mass is 15.2. The van der Waals surface area contributed by atoms with Gasteiger partial charge in [0, 0.05) is 30.2 Å². The van der Waals surface area contributed by atoms with Crippen LogP contribution in [0.3, 0.4) is 0 Å². The third-order valence-electron chi connectivity index (χ3n) is 4.74. The predicted molar refractivity (Wildman–Crippen MR) is 79.1 cm³/mol. The third kappa shape index (κ3) is 2.39. The number of anilines is 1. The van der Waals surface area contributed by atoms with E-state index in [1.807, 2.05) is 7.05 Å². The van der Waals surface area contributed by atoms with Crippen LogP contribution in [0.5, 0.6) is 0 Å². The Bertz CT molecular complexity index is 371. The molecule has 1 fully saturated rings. The van der Waals surface area contributed by atoms with Crippen LogP contribution in [0.2, 0.25) is 0 Å². The van der Waals surface area contributed by atoms with E-state index in [4.69, 9.17) is 0 Å². The highest BCUT2D eigenvalue weighted by molar-refractivity contribution is 5.51. The van der Waals surface area contributed by atoms with Gasteiger partial charge >= 0.3 is 0 Å². The Hall–Kier alpha value is -1.02. The maximum Gasteiger partial charge on any atom is 0.0366 e. The van der Waals surface area contributed by atoms with Crippen molar-refractivity contribution in [2.75, 3.05) is 25.0 Å². The van der Waals surface area contributed by atoms with Crippen molar-refractivity contribution in [3.8, 4) is 0 Å². The fourth-order valence-electron chi connectivity index (χ4n) is 2.78. The number of nitrogens with zero attached hydrogens (tertiary/aromatic N) is 1. The van der Waals surface area contributed by atoms with Crippen LogP contribution in [0.25, 0.3) is 0 Å². The zero-order valence-electron chi connectivity index (χ0n) is 12.2. The normalized spacial score (nSPS) is 19.4. The van der Waals surface area contributed by atoms with E-state index in [2.05, 4.69) is 55.3 Å². The highest BCUT2D eigenvalue weighted by Crippen LogP contribution is 2.39. The molecule has 0 aromatic heterocycles. The quantitative estimate of drug-likeness (QED) is 0.854. The molecule has 100 valence electrons. The largest absolute Gasteiger partial charge is 0.370 e. The van der Waals surface area contributed by atoms with Crippen LogP contribution in [0.1, 0.15) is 45.2 Å². The van der Waals surface area contributed by atoms with Gasteiger partial charge in [-0.2, -0.15) is 0 Å². The molecule has 1 N–H and O–H groups in total. The predicted octanol–water partition coefficient (Wildman–Crippen LogP) is 3.59. The molecule has 1 atom stereocenters. The van der Waals surface area contributed by atoms with Gasteiger partial charge in [0.2, 0.25) is 0 Å². The second-order valence-corrected chi connectivity index (χ2v) is 5.67. The van der Waals surface area contributed by atoms with Gasteiger partial charge in [-0.15, -0.1) is 0 Å². The van der Waals surface area contributed by atoms with E-state index < -0.39 is 0 Å². The van der Waals surface area contributed by atoms with Gasteiger partial charge in [-0.05, 0) is 44.5 Å². The van der Waals surface area contributed by atoms with Crippen LogP contribution in [0.15, 0.2) is 24.3 Å². The van der Waals surface area contributed by atoms with E-state index >= 15 is 0 Å². The first-order valence-electron chi connectivity index (χ1n) is 7.16. The molecule has 1 unspecified atom stereocenters. The fraction of sp³-hybridized carbons (Fsp3) is 0.625. The van der Waals surface area contributed by atoms with Crippen molar-refractivity contribution in [2.24, 2.45) is 5.41 Å². The summed E-state index contributed by atoms with van der Waals surface area (Å²) in [5, 5.41) is 3.28. The maximum absolute atomic E-state index is 3.28. The topological polar surface area (TPSA) is 15.3 Å². The Morgan fingerprint density at radius 1 is 1.17 bits per heavy atom. The molecule has 1 saturated heterocycles. The highest BCUT2D eigenvalue weighted by Gasteiger charge is 2.39. The van der Waals surface area contributed by atoms with Crippen LogP contribution in [0, 0.1) is 5.41 Å². The van der Waals surface area contributed by atoms with E-state index in [1.54, 1.807) is 0 Å². The summed E-state index contributed by atoms with van der Waals surface area (Å²) in [6, 6.07) is 9.44. The van der Waals surface area contributed by atoms with Gasteiger partial charge in [0.05, 0.1) is 0 Å². The molecule has 0 aliphatic carbocycles. The van der Waals surface area contributed by atoms with Gasteiger partial charge < -0.3 is 10.2 Å². The van der Waals surface area contributed by atoms with Crippen LogP contribution < -0.4 is 10.2 Å². The molecule has 2 heteroatoms. The van der Waals surface area contributed by atoms with Crippen molar-refractivity contribution in [2.45, 2.75) is 39.7 Å². The zero-order valence-corrected chi connectivity index (χ0v) is 12.2. The number of hydrogen-bond donors (Lipinski definition) is 1. The lowest BCUT2D eigenvalue weighted by Gasteiger charge is -2.51. The van der Waals surface area contributed by atoms with Gasteiger partial charge in [-0.25, -0.2) is 0 Å². The molecule has 1 aliphatic heterocycles. The summed E-state index contributed by atoms with van der Waals surface area (Å²) >= 11 is 0. The molecule has 0 spiro atoms. The van der Waals surface area contributed by atoms with E-state index in [-0.39, 0.29) is 0 Å². The minimum Gasteiger partial charge on any atom is -0.370 e. The third-order valence-corrected chi connectivity index (χ3v) is 4.74. The molecule has 0 bridgehead atoms.